The molecule has 2 aromatic rings. The van der Waals surface area contributed by atoms with Gasteiger partial charge in [-0.2, -0.15) is 0 Å². The number of piperazine rings is 1. The lowest BCUT2D eigenvalue weighted by molar-refractivity contribution is -1.02. The first-order valence-electron chi connectivity index (χ1n) is 10.9. The molecule has 0 radical (unpaired) electrons. The maximum atomic E-state index is 5.86. The molecule has 0 aromatic heterocycles. The average molecular weight is 383 g/mol. The fourth-order valence-corrected chi connectivity index (χ4v) is 4.44. The Hall–Kier alpha value is -1.88. The number of quaternary nitrogens is 2. The standard InChI is InChI=1S/C24H32N2O2/c1-2-5-21(6-3-1)20-26-13-11-25(12-14-26)15-16-27-17-18-28-24-10-9-22-7-4-8-23(22)19-24/h1-3,5-6,9-10,19H,4,7-8,11-18,20H2/p+2. The van der Waals surface area contributed by atoms with Crippen molar-refractivity contribution < 1.29 is 19.3 Å². The second-order valence-corrected chi connectivity index (χ2v) is 8.16. The number of hydrogen-bond donors (Lipinski definition) is 2. The van der Waals surface area contributed by atoms with E-state index in [0.717, 1.165) is 25.4 Å². The highest BCUT2D eigenvalue weighted by Gasteiger charge is 2.22. The van der Waals surface area contributed by atoms with Gasteiger partial charge in [-0.1, -0.05) is 36.4 Å². The van der Waals surface area contributed by atoms with Crippen LogP contribution in [-0.2, 0) is 24.1 Å². The van der Waals surface area contributed by atoms with E-state index in [-0.39, 0.29) is 0 Å². The summed E-state index contributed by atoms with van der Waals surface area (Å²) in [6.07, 6.45) is 3.71. The van der Waals surface area contributed by atoms with E-state index in [2.05, 4.69) is 48.5 Å². The number of benzene rings is 2. The van der Waals surface area contributed by atoms with Gasteiger partial charge >= 0.3 is 0 Å². The van der Waals surface area contributed by atoms with E-state index in [0.29, 0.717) is 13.2 Å². The van der Waals surface area contributed by atoms with Crippen LogP contribution in [0.3, 0.4) is 0 Å². The molecule has 150 valence electrons. The average Bonchev–Trinajstić information content (AvgIpc) is 3.20. The van der Waals surface area contributed by atoms with Gasteiger partial charge in [0.1, 0.15) is 51.6 Å². The molecule has 0 bridgehead atoms. The minimum Gasteiger partial charge on any atom is -0.491 e. The van der Waals surface area contributed by atoms with Gasteiger partial charge in [0.15, 0.2) is 0 Å². The van der Waals surface area contributed by atoms with Crippen LogP contribution in [0.15, 0.2) is 48.5 Å². The van der Waals surface area contributed by atoms with Crippen LogP contribution in [0.5, 0.6) is 5.75 Å². The Kier molecular flexibility index (Phi) is 6.98. The summed E-state index contributed by atoms with van der Waals surface area (Å²) < 4.78 is 11.7. The summed E-state index contributed by atoms with van der Waals surface area (Å²) >= 11 is 0. The van der Waals surface area contributed by atoms with E-state index in [1.165, 1.54) is 62.1 Å². The molecule has 1 aliphatic carbocycles. The highest BCUT2D eigenvalue weighted by atomic mass is 16.5. The molecule has 4 nitrogen and oxygen atoms in total. The summed E-state index contributed by atoms with van der Waals surface area (Å²) in [6.45, 7) is 9.42. The normalized spacial score (nSPS) is 21.4. The number of rotatable bonds is 9. The lowest BCUT2D eigenvalue weighted by atomic mass is 10.1. The van der Waals surface area contributed by atoms with Gasteiger partial charge in [0.05, 0.1) is 13.2 Å². The molecule has 2 aliphatic rings. The first-order chi connectivity index (χ1) is 13.9. The molecule has 2 N–H and O–H groups in total. The van der Waals surface area contributed by atoms with Gasteiger partial charge in [-0.15, -0.1) is 0 Å². The number of fused-ring (bicyclic) bond motifs is 1. The summed E-state index contributed by atoms with van der Waals surface area (Å²) in [7, 11) is 0. The van der Waals surface area contributed by atoms with Gasteiger partial charge in [0.25, 0.3) is 0 Å². The Morgan fingerprint density at radius 2 is 1.54 bits per heavy atom. The molecule has 4 heteroatoms. The highest BCUT2D eigenvalue weighted by Crippen LogP contribution is 2.25. The fraction of sp³-hybridized carbons (Fsp3) is 0.500. The Balaban J connectivity index is 1.05. The predicted octanol–water partition coefficient (Wildman–Crippen LogP) is 0.554. The Morgan fingerprint density at radius 3 is 2.39 bits per heavy atom. The Morgan fingerprint density at radius 1 is 0.750 bits per heavy atom. The first kappa shape index (κ1) is 19.4. The summed E-state index contributed by atoms with van der Waals surface area (Å²) in [5.41, 5.74) is 4.42. The van der Waals surface area contributed by atoms with Crippen molar-refractivity contribution in [3.05, 3.63) is 65.2 Å². The fourth-order valence-electron chi connectivity index (χ4n) is 4.44. The molecular weight excluding hydrogens is 348 g/mol. The van der Waals surface area contributed by atoms with Gasteiger partial charge in [0, 0.05) is 5.56 Å². The number of nitrogens with one attached hydrogen (secondary N) is 2. The molecular formula is C24H34N2O2+2. The van der Waals surface area contributed by atoms with Crippen molar-refractivity contribution in [1.82, 2.24) is 0 Å². The second kappa shape index (κ2) is 10.1. The minimum atomic E-state index is 0.642. The monoisotopic (exact) mass is 382 g/mol. The van der Waals surface area contributed by atoms with Crippen LogP contribution >= 0.6 is 0 Å². The van der Waals surface area contributed by atoms with Crippen molar-refractivity contribution in [1.29, 1.82) is 0 Å². The Bertz CT molecular complexity index is 727. The van der Waals surface area contributed by atoms with E-state index >= 15 is 0 Å². The van der Waals surface area contributed by atoms with Gasteiger partial charge in [-0.05, 0) is 42.5 Å². The summed E-state index contributed by atoms with van der Waals surface area (Å²) in [5.74, 6) is 0.993. The van der Waals surface area contributed by atoms with Crippen LogP contribution in [0.4, 0.5) is 0 Å². The summed E-state index contributed by atoms with van der Waals surface area (Å²) in [4.78, 5) is 3.38. The third kappa shape index (κ3) is 5.57. The van der Waals surface area contributed by atoms with Gasteiger partial charge in [-0.25, -0.2) is 0 Å². The van der Waals surface area contributed by atoms with Gasteiger partial charge < -0.3 is 19.3 Å². The van der Waals surface area contributed by atoms with Crippen LogP contribution in [0, 0.1) is 0 Å². The van der Waals surface area contributed by atoms with Crippen molar-refractivity contribution >= 4 is 0 Å². The number of hydrogen-bond acceptors (Lipinski definition) is 2. The predicted molar refractivity (Wildman–Crippen MR) is 111 cm³/mol. The van der Waals surface area contributed by atoms with Crippen LogP contribution in [0.2, 0.25) is 0 Å². The topological polar surface area (TPSA) is 27.3 Å². The molecule has 2 aromatic carbocycles. The molecule has 1 heterocycles. The highest BCUT2D eigenvalue weighted by molar-refractivity contribution is 5.38. The van der Waals surface area contributed by atoms with Crippen molar-refractivity contribution in [3.63, 3.8) is 0 Å². The number of ether oxygens (including phenoxy) is 2. The molecule has 1 saturated heterocycles. The van der Waals surface area contributed by atoms with Gasteiger partial charge in [0.2, 0.25) is 0 Å². The molecule has 0 unspecified atom stereocenters. The van der Waals surface area contributed by atoms with Gasteiger partial charge in [-0.3, -0.25) is 0 Å². The van der Waals surface area contributed by atoms with Crippen LogP contribution in [0.1, 0.15) is 23.1 Å². The zero-order chi connectivity index (χ0) is 19.0. The molecule has 0 atom stereocenters. The largest absolute Gasteiger partial charge is 0.491 e. The lowest BCUT2D eigenvalue weighted by Gasteiger charge is -2.29. The van der Waals surface area contributed by atoms with E-state index in [1.807, 2.05) is 0 Å². The van der Waals surface area contributed by atoms with Crippen LogP contribution in [0.25, 0.3) is 0 Å². The van der Waals surface area contributed by atoms with Crippen LogP contribution < -0.4 is 14.5 Å². The van der Waals surface area contributed by atoms with E-state index < -0.39 is 0 Å². The van der Waals surface area contributed by atoms with Crippen molar-refractivity contribution in [3.8, 4) is 5.75 Å². The maximum absolute atomic E-state index is 5.86. The maximum Gasteiger partial charge on any atom is 0.127 e. The quantitative estimate of drug-likeness (QED) is 0.620. The second-order valence-electron chi connectivity index (χ2n) is 8.16. The van der Waals surface area contributed by atoms with Crippen molar-refractivity contribution in [2.75, 3.05) is 52.5 Å². The van der Waals surface area contributed by atoms with E-state index in [4.69, 9.17) is 9.47 Å². The lowest BCUT2D eigenvalue weighted by Crippen LogP contribution is -3.27. The third-order valence-corrected chi connectivity index (χ3v) is 6.13. The molecule has 28 heavy (non-hydrogen) atoms. The van der Waals surface area contributed by atoms with E-state index in [1.54, 1.807) is 9.80 Å². The molecule has 1 aliphatic heterocycles. The molecule has 0 spiro atoms. The molecule has 0 saturated carbocycles. The third-order valence-electron chi connectivity index (χ3n) is 6.13. The van der Waals surface area contributed by atoms with E-state index in [9.17, 15) is 0 Å². The van der Waals surface area contributed by atoms with Crippen LogP contribution in [-0.4, -0.2) is 52.5 Å². The first-order valence-corrected chi connectivity index (χ1v) is 10.9. The SMILES string of the molecule is c1ccc(C[NH+]2CC[NH+](CCOCCOc3ccc4c(c3)CCC4)CC2)cc1. The van der Waals surface area contributed by atoms with Crippen molar-refractivity contribution in [2.45, 2.75) is 25.8 Å². The minimum absolute atomic E-state index is 0.642. The summed E-state index contributed by atoms with van der Waals surface area (Å²) in [5, 5.41) is 0. The zero-order valence-electron chi connectivity index (χ0n) is 16.9. The smallest absolute Gasteiger partial charge is 0.127 e. The molecule has 4 rings (SSSR count). The zero-order valence-corrected chi connectivity index (χ0v) is 16.9. The molecule has 0 amide bonds. The number of aryl methyl sites for hydroxylation is 2. The van der Waals surface area contributed by atoms with Crippen molar-refractivity contribution in [2.24, 2.45) is 0 Å². The summed E-state index contributed by atoms with van der Waals surface area (Å²) in [6, 6.07) is 17.4. The Labute approximate surface area is 169 Å². The molecule has 1 fully saturated rings.